The molecule has 0 bridgehead atoms. The maximum Gasteiger partial charge on any atom is 0.238 e. The highest BCUT2D eigenvalue weighted by atomic mass is 16.5. The van der Waals surface area contributed by atoms with Crippen LogP contribution in [0.5, 0.6) is 5.88 Å². The van der Waals surface area contributed by atoms with Gasteiger partial charge in [-0.25, -0.2) is 9.97 Å². The predicted molar refractivity (Wildman–Crippen MR) is 45.7 cm³/mol. The number of nitrogens with zero attached hydrogens (tertiary/aromatic N) is 4. The van der Waals surface area contributed by atoms with E-state index in [-0.39, 0.29) is 0 Å². The van der Waals surface area contributed by atoms with Gasteiger partial charge in [0.15, 0.2) is 0 Å². The number of imidazole rings is 1. The monoisotopic (exact) mass is 176 g/mol. The van der Waals surface area contributed by atoms with E-state index < -0.39 is 0 Å². The first-order valence-corrected chi connectivity index (χ1v) is 3.75. The third-order valence-corrected chi connectivity index (χ3v) is 1.56. The molecule has 2 rings (SSSR count). The first-order chi connectivity index (χ1) is 6.40. The summed E-state index contributed by atoms with van der Waals surface area (Å²) >= 11 is 0. The van der Waals surface area contributed by atoms with Crippen molar-refractivity contribution in [1.29, 1.82) is 0 Å². The number of aromatic nitrogens is 4. The Morgan fingerprint density at radius 3 is 3.00 bits per heavy atom. The molecule has 0 aromatic carbocycles. The Balaban J connectivity index is 2.41. The molecule has 0 atom stereocenters. The van der Waals surface area contributed by atoms with E-state index in [2.05, 4.69) is 15.0 Å². The maximum absolute atomic E-state index is 4.97. The van der Waals surface area contributed by atoms with Crippen LogP contribution in [-0.2, 0) is 0 Å². The summed E-state index contributed by atoms with van der Waals surface area (Å²) < 4.78 is 6.68. The molecule has 2 aromatic rings. The van der Waals surface area contributed by atoms with Gasteiger partial charge in [-0.2, -0.15) is 4.98 Å². The zero-order valence-corrected chi connectivity index (χ0v) is 7.08. The van der Waals surface area contributed by atoms with Crippen molar-refractivity contribution >= 4 is 0 Å². The molecule has 0 N–H and O–H groups in total. The van der Waals surface area contributed by atoms with Crippen molar-refractivity contribution in [2.75, 3.05) is 7.11 Å². The Bertz CT molecular complexity index is 385. The second-order valence-electron chi connectivity index (χ2n) is 2.37. The highest BCUT2D eigenvalue weighted by molar-refractivity contribution is 5.17. The summed E-state index contributed by atoms with van der Waals surface area (Å²) in [6.07, 6.45) is 6.72. The summed E-state index contributed by atoms with van der Waals surface area (Å²) in [5.41, 5.74) is 0. The fourth-order valence-corrected chi connectivity index (χ4v) is 0.948. The first-order valence-electron chi connectivity index (χ1n) is 3.75. The molecular weight excluding hydrogens is 168 g/mol. The molecule has 13 heavy (non-hydrogen) atoms. The van der Waals surface area contributed by atoms with Crippen LogP contribution in [0.15, 0.2) is 31.0 Å². The third-order valence-electron chi connectivity index (χ3n) is 1.56. The number of ether oxygens (including phenoxy) is 1. The van der Waals surface area contributed by atoms with Gasteiger partial charge in [0.25, 0.3) is 0 Å². The van der Waals surface area contributed by atoms with Crippen LogP contribution in [0.4, 0.5) is 0 Å². The largest absolute Gasteiger partial charge is 0.481 e. The zero-order chi connectivity index (χ0) is 9.10. The van der Waals surface area contributed by atoms with Gasteiger partial charge in [-0.1, -0.05) is 0 Å². The summed E-state index contributed by atoms with van der Waals surface area (Å²) in [4.78, 5) is 12.1. The van der Waals surface area contributed by atoms with Gasteiger partial charge < -0.3 is 4.74 Å². The van der Waals surface area contributed by atoms with Crippen molar-refractivity contribution in [1.82, 2.24) is 19.5 Å². The molecule has 0 saturated carbocycles. The molecular formula is C8H8N4O. The number of rotatable bonds is 2. The highest BCUT2D eigenvalue weighted by Gasteiger charge is 1.99. The Kier molecular flexibility index (Phi) is 1.91. The van der Waals surface area contributed by atoms with E-state index >= 15 is 0 Å². The molecule has 2 aromatic heterocycles. The van der Waals surface area contributed by atoms with Crippen LogP contribution in [0.1, 0.15) is 0 Å². The van der Waals surface area contributed by atoms with E-state index in [1.54, 1.807) is 42.7 Å². The fourth-order valence-electron chi connectivity index (χ4n) is 0.948. The van der Waals surface area contributed by atoms with E-state index in [1.165, 1.54) is 0 Å². The van der Waals surface area contributed by atoms with Gasteiger partial charge in [0.2, 0.25) is 11.8 Å². The minimum atomic E-state index is 0.540. The second-order valence-corrected chi connectivity index (χ2v) is 2.37. The minimum Gasteiger partial charge on any atom is -0.481 e. The molecule has 0 saturated heterocycles. The standard InChI is InChI=1S/C8H8N4O/c1-13-7-2-3-10-8(11-7)12-5-4-9-6-12/h2-6H,1H3. The second kappa shape index (κ2) is 3.22. The lowest BCUT2D eigenvalue weighted by Gasteiger charge is -2.01. The maximum atomic E-state index is 4.97. The molecule has 0 unspecified atom stereocenters. The minimum absolute atomic E-state index is 0.540. The number of hydrogen-bond acceptors (Lipinski definition) is 4. The zero-order valence-electron chi connectivity index (χ0n) is 7.08. The van der Waals surface area contributed by atoms with E-state index in [9.17, 15) is 0 Å². The van der Waals surface area contributed by atoms with Gasteiger partial charge >= 0.3 is 0 Å². The molecule has 0 aliphatic heterocycles. The van der Waals surface area contributed by atoms with Crippen LogP contribution in [0.3, 0.4) is 0 Å². The van der Waals surface area contributed by atoms with Gasteiger partial charge in [-0.15, -0.1) is 0 Å². The molecule has 66 valence electrons. The van der Waals surface area contributed by atoms with Gasteiger partial charge in [0.05, 0.1) is 7.11 Å². The van der Waals surface area contributed by atoms with E-state index in [0.29, 0.717) is 11.8 Å². The SMILES string of the molecule is COc1ccnc(-n2ccnc2)n1. The molecule has 5 heteroatoms. The average Bonchev–Trinajstić information content (AvgIpc) is 2.71. The lowest BCUT2D eigenvalue weighted by Crippen LogP contribution is -1.99. The normalized spacial score (nSPS) is 9.92. The van der Waals surface area contributed by atoms with E-state index in [4.69, 9.17) is 4.74 Å². The van der Waals surface area contributed by atoms with Crippen molar-refractivity contribution in [2.24, 2.45) is 0 Å². The lowest BCUT2D eigenvalue weighted by molar-refractivity contribution is 0.396. The average molecular weight is 176 g/mol. The molecule has 0 aliphatic rings. The number of methoxy groups -OCH3 is 1. The van der Waals surface area contributed by atoms with Gasteiger partial charge in [-0.05, 0) is 0 Å². The van der Waals surface area contributed by atoms with Crippen LogP contribution in [-0.4, -0.2) is 26.6 Å². The lowest BCUT2D eigenvalue weighted by atomic mass is 10.6. The van der Waals surface area contributed by atoms with Crippen LogP contribution in [0.2, 0.25) is 0 Å². The summed E-state index contributed by atoms with van der Waals surface area (Å²) in [7, 11) is 1.57. The summed E-state index contributed by atoms with van der Waals surface area (Å²) in [5.74, 6) is 1.09. The highest BCUT2D eigenvalue weighted by Crippen LogP contribution is 2.06. The van der Waals surface area contributed by atoms with Gasteiger partial charge in [-0.3, -0.25) is 4.57 Å². The number of hydrogen-bond donors (Lipinski definition) is 0. The Labute approximate surface area is 75.0 Å². The van der Waals surface area contributed by atoms with Crippen molar-refractivity contribution in [3.05, 3.63) is 31.0 Å². The Hall–Kier alpha value is -1.91. The molecule has 2 heterocycles. The van der Waals surface area contributed by atoms with Crippen molar-refractivity contribution in [3.8, 4) is 11.8 Å². The Morgan fingerprint density at radius 2 is 2.31 bits per heavy atom. The third kappa shape index (κ3) is 1.48. The van der Waals surface area contributed by atoms with Crippen molar-refractivity contribution in [2.45, 2.75) is 0 Å². The molecule has 0 radical (unpaired) electrons. The molecule has 0 fully saturated rings. The molecule has 0 amide bonds. The van der Waals surface area contributed by atoms with Crippen LogP contribution < -0.4 is 4.74 Å². The summed E-state index contributed by atoms with van der Waals surface area (Å²) in [6.45, 7) is 0. The molecule has 0 aliphatic carbocycles. The fraction of sp³-hybridized carbons (Fsp3) is 0.125. The topological polar surface area (TPSA) is 52.8 Å². The first kappa shape index (κ1) is 7.72. The van der Waals surface area contributed by atoms with Crippen molar-refractivity contribution in [3.63, 3.8) is 0 Å². The van der Waals surface area contributed by atoms with Gasteiger partial charge in [0.1, 0.15) is 6.33 Å². The van der Waals surface area contributed by atoms with Crippen LogP contribution in [0, 0.1) is 0 Å². The predicted octanol–water partition coefficient (Wildman–Crippen LogP) is 0.671. The Morgan fingerprint density at radius 1 is 1.38 bits per heavy atom. The quantitative estimate of drug-likeness (QED) is 0.674. The van der Waals surface area contributed by atoms with Crippen LogP contribution >= 0.6 is 0 Å². The van der Waals surface area contributed by atoms with Gasteiger partial charge in [0, 0.05) is 24.7 Å². The summed E-state index contributed by atoms with van der Waals surface area (Å²) in [6, 6.07) is 1.69. The molecule has 0 spiro atoms. The molecule has 5 nitrogen and oxygen atoms in total. The smallest absolute Gasteiger partial charge is 0.238 e. The van der Waals surface area contributed by atoms with E-state index in [1.807, 2.05) is 0 Å². The van der Waals surface area contributed by atoms with E-state index in [0.717, 1.165) is 0 Å². The van der Waals surface area contributed by atoms with Crippen molar-refractivity contribution < 1.29 is 4.74 Å². The van der Waals surface area contributed by atoms with Crippen LogP contribution in [0.25, 0.3) is 5.95 Å². The summed E-state index contributed by atoms with van der Waals surface area (Å²) in [5, 5.41) is 0.